The Balaban J connectivity index is 1.98. The standard InChI is InChI=1S/C15H20ClNO/c1-11-4-5-12(14(16)8-11)9-13(18)10-15(17)6-2-3-7-15/h4-5,8H,2-3,6-7,9-10,17H2,1H3. The van der Waals surface area contributed by atoms with Crippen molar-refractivity contribution in [2.45, 2.75) is 51.0 Å². The third-order valence-corrected chi connectivity index (χ3v) is 4.10. The summed E-state index contributed by atoms with van der Waals surface area (Å²) in [5.41, 5.74) is 7.99. The van der Waals surface area contributed by atoms with Crippen molar-refractivity contribution in [1.29, 1.82) is 0 Å². The molecule has 1 aliphatic rings. The fraction of sp³-hybridized carbons (Fsp3) is 0.533. The highest BCUT2D eigenvalue weighted by atomic mass is 35.5. The molecule has 18 heavy (non-hydrogen) atoms. The highest BCUT2D eigenvalue weighted by Crippen LogP contribution is 2.31. The van der Waals surface area contributed by atoms with Gasteiger partial charge in [-0.2, -0.15) is 0 Å². The lowest BCUT2D eigenvalue weighted by Crippen LogP contribution is -2.39. The molecule has 0 bridgehead atoms. The Morgan fingerprint density at radius 1 is 1.39 bits per heavy atom. The zero-order chi connectivity index (χ0) is 13.2. The number of hydrogen-bond acceptors (Lipinski definition) is 2. The minimum Gasteiger partial charge on any atom is -0.325 e. The molecule has 0 heterocycles. The lowest BCUT2D eigenvalue weighted by Gasteiger charge is -2.22. The molecule has 0 atom stereocenters. The first-order valence-corrected chi connectivity index (χ1v) is 6.92. The zero-order valence-corrected chi connectivity index (χ0v) is 11.6. The van der Waals surface area contributed by atoms with Crippen molar-refractivity contribution >= 4 is 17.4 Å². The van der Waals surface area contributed by atoms with Gasteiger partial charge in [-0.05, 0) is 37.0 Å². The van der Waals surface area contributed by atoms with Gasteiger partial charge in [0.2, 0.25) is 0 Å². The Kier molecular flexibility index (Phi) is 4.08. The van der Waals surface area contributed by atoms with Gasteiger partial charge in [0.15, 0.2) is 0 Å². The van der Waals surface area contributed by atoms with Crippen LogP contribution in [0, 0.1) is 6.92 Å². The molecule has 0 spiro atoms. The summed E-state index contributed by atoms with van der Waals surface area (Å²) in [5.74, 6) is 0.199. The van der Waals surface area contributed by atoms with E-state index in [1.807, 2.05) is 25.1 Å². The number of benzene rings is 1. The van der Waals surface area contributed by atoms with Crippen LogP contribution in [0.3, 0.4) is 0 Å². The van der Waals surface area contributed by atoms with Crippen molar-refractivity contribution in [3.05, 3.63) is 34.3 Å². The molecule has 2 nitrogen and oxygen atoms in total. The molecule has 1 fully saturated rings. The zero-order valence-electron chi connectivity index (χ0n) is 10.8. The Morgan fingerprint density at radius 2 is 2.06 bits per heavy atom. The third kappa shape index (κ3) is 3.33. The summed E-state index contributed by atoms with van der Waals surface area (Å²) in [7, 11) is 0. The van der Waals surface area contributed by atoms with E-state index in [0.29, 0.717) is 17.9 Å². The number of ketones is 1. The average Bonchev–Trinajstić information content (AvgIpc) is 2.69. The lowest BCUT2D eigenvalue weighted by atomic mass is 9.90. The van der Waals surface area contributed by atoms with E-state index in [9.17, 15) is 4.79 Å². The number of rotatable bonds is 4. The normalized spacial score (nSPS) is 17.9. The van der Waals surface area contributed by atoms with Crippen LogP contribution in [0.2, 0.25) is 5.02 Å². The SMILES string of the molecule is Cc1ccc(CC(=O)CC2(N)CCCC2)c(Cl)c1. The maximum absolute atomic E-state index is 12.1. The summed E-state index contributed by atoms with van der Waals surface area (Å²) in [6.45, 7) is 1.99. The summed E-state index contributed by atoms with van der Waals surface area (Å²) < 4.78 is 0. The quantitative estimate of drug-likeness (QED) is 0.906. The van der Waals surface area contributed by atoms with Crippen LogP contribution in [0.25, 0.3) is 0 Å². The molecule has 1 aromatic rings. The van der Waals surface area contributed by atoms with Crippen LogP contribution in [-0.4, -0.2) is 11.3 Å². The van der Waals surface area contributed by atoms with Gasteiger partial charge in [0.1, 0.15) is 5.78 Å². The molecular formula is C15H20ClNO. The molecular weight excluding hydrogens is 246 g/mol. The number of aryl methyl sites for hydroxylation is 1. The Hall–Kier alpha value is -0.860. The van der Waals surface area contributed by atoms with Gasteiger partial charge in [-0.25, -0.2) is 0 Å². The van der Waals surface area contributed by atoms with Gasteiger partial charge < -0.3 is 5.73 Å². The smallest absolute Gasteiger partial charge is 0.139 e. The van der Waals surface area contributed by atoms with Crippen molar-refractivity contribution in [3.63, 3.8) is 0 Å². The fourth-order valence-electron chi connectivity index (χ4n) is 2.72. The van der Waals surface area contributed by atoms with Crippen LogP contribution in [0.5, 0.6) is 0 Å². The average molecular weight is 266 g/mol. The largest absolute Gasteiger partial charge is 0.325 e. The minimum atomic E-state index is -0.256. The maximum atomic E-state index is 12.1. The van der Waals surface area contributed by atoms with Gasteiger partial charge in [-0.15, -0.1) is 0 Å². The second-order valence-electron chi connectivity index (χ2n) is 5.56. The van der Waals surface area contributed by atoms with E-state index in [1.54, 1.807) is 0 Å². The molecule has 1 saturated carbocycles. The predicted molar refractivity (Wildman–Crippen MR) is 74.9 cm³/mol. The summed E-state index contributed by atoms with van der Waals surface area (Å²) in [5, 5.41) is 0.681. The van der Waals surface area contributed by atoms with Crippen LogP contribution in [0.4, 0.5) is 0 Å². The third-order valence-electron chi connectivity index (χ3n) is 3.74. The molecule has 0 radical (unpaired) electrons. The second-order valence-corrected chi connectivity index (χ2v) is 5.96. The van der Waals surface area contributed by atoms with Crippen LogP contribution in [0.1, 0.15) is 43.2 Å². The summed E-state index contributed by atoms with van der Waals surface area (Å²) in [6.07, 6.45) is 5.13. The Labute approximate surface area is 114 Å². The topological polar surface area (TPSA) is 43.1 Å². The van der Waals surface area contributed by atoms with E-state index < -0.39 is 0 Å². The van der Waals surface area contributed by atoms with Gasteiger partial charge in [0.05, 0.1) is 0 Å². The number of carbonyl (C=O) groups excluding carboxylic acids is 1. The molecule has 0 aliphatic heterocycles. The number of carbonyl (C=O) groups is 1. The molecule has 0 aromatic heterocycles. The molecule has 2 N–H and O–H groups in total. The van der Waals surface area contributed by atoms with Crippen molar-refractivity contribution in [2.24, 2.45) is 5.73 Å². The van der Waals surface area contributed by atoms with Crippen LogP contribution >= 0.6 is 11.6 Å². The van der Waals surface area contributed by atoms with E-state index >= 15 is 0 Å². The van der Waals surface area contributed by atoms with Crippen molar-refractivity contribution < 1.29 is 4.79 Å². The first-order valence-electron chi connectivity index (χ1n) is 6.54. The first-order chi connectivity index (χ1) is 8.48. The molecule has 2 rings (SSSR count). The molecule has 98 valence electrons. The Bertz CT molecular complexity index is 450. The second kappa shape index (κ2) is 5.41. The van der Waals surface area contributed by atoms with E-state index in [4.69, 9.17) is 17.3 Å². The van der Waals surface area contributed by atoms with E-state index in [-0.39, 0.29) is 11.3 Å². The van der Waals surface area contributed by atoms with Crippen molar-refractivity contribution in [2.75, 3.05) is 0 Å². The molecule has 1 aliphatic carbocycles. The minimum absolute atomic E-state index is 0.199. The van der Waals surface area contributed by atoms with Crippen molar-refractivity contribution in [1.82, 2.24) is 0 Å². The maximum Gasteiger partial charge on any atom is 0.139 e. The number of hydrogen-bond donors (Lipinski definition) is 1. The molecule has 0 amide bonds. The molecule has 0 unspecified atom stereocenters. The summed E-state index contributed by atoms with van der Waals surface area (Å²) in [6, 6.07) is 5.83. The predicted octanol–water partition coefficient (Wildman–Crippen LogP) is 3.42. The highest BCUT2D eigenvalue weighted by Gasteiger charge is 2.31. The van der Waals surface area contributed by atoms with E-state index in [0.717, 1.165) is 36.8 Å². The number of Topliss-reactive ketones (excluding diaryl/α,β-unsaturated/α-hetero) is 1. The van der Waals surface area contributed by atoms with Gasteiger partial charge >= 0.3 is 0 Å². The van der Waals surface area contributed by atoms with Crippen LogP contribution < -0.4 is 5.73 Å². The van der Waals surface area contributed by atoms with Crippen LogP contribution in [-0.2, 0) is 11.2 Å². The van der Waals surface area contributed by atoms with Gasteiger partial charge in [-0.3, -0.25) is 4.79 Å². The molecule has 0 saturated heterocycles. The van der Waals surface area contributed by atoms with Crippen LogP contribution in [0.15, 0.2) is 18.2 Å². The summed E-state index contributed by atoms with van der Waals surface area (Å²) in [4.78, 5) is 12.1. The first kappa shape index (κ1) is 13.6. The highest BCUT2D eigenvalue weighted by molar-refractivity contribution is 6.31. The fourth-order valence-corrected chi connectivity index (χ4v) is 3.02. The van der Waals surface area contributed by atoms with Gasteiger partial charge in [0.25, 0.3) is 0 Å². The molecule has 1 aromatic carbocycles. The van der Waals surface area contributed by atoms with Crippen molar-refractivity contribution in [3.8, 4) is 0 Å². The monoisotopic (exact) mass is 265 g/mol. The number of halogens is 1. The molecule has 3 heteroatoms. The summed E-state index contributed by atoms with van der Waals surface area (Å²) >= 11 is 6.14. The Morgan fingerprint density at radius 3 is 2.67 bits per heavy atom. The van der Waals surface area contributed by atoms with Gasteiger partial charge in [-0.1, -0.05) is 36.6 Å². The van der Waals surface area contributed by atoms with Gasteiger partial charge in [0, 0.05) is 23.4 Å². The number of nitrogens with two attached hydrogens (primary N) is 1. The van der Waals surface area contributed by atoms with E-state index in [1.165, 1.54) is 0 Å². The van der Waals surface area contributed by atoms with E-state index in [2.05, 4.69) is 0 Å². The lowest BCUT2D eigenvalue weighted by molar-refractivity contribution is -0.119.